The number of hydrogen-bond donors (Lipinski definition) is 2. The molecule has 2 amide bonds. The van der Waals surface area contributed by atoms with Crippen LogP contribution in [-0.4, -0.2) is 26.4 Å². The third-order valence-electron chi connectivity index (χ3n) is 3.10. The molecule has 0 spiro atoms. The molecule has 3 rings (SSSR count). The van der Waals surface area contributed by atoms with Crippen LogP contribution < -0.4 is 11.1 Å². The molecule has 18 heavy (non-hydrogen) atoms. The third-order valence-corrected chi connectivity index (χ3v) is 3.10. The Kier molecular flexibility index (Phi) is 2.26. The molecule has 7 heteroatoms. The number of aromatic nitrogens is 3. The molecule has 1 atom stereocenters. The fourth-order valence-electron chi connectivity index (χ4n) is 2.21. The van der Waals surface area contributed by atoms with Crippen molar-refractivity contribution in [2.75, 3.05) is 5.73 Å². The fraction of sp³-hybridized carbons (Fsp3) is 0.273. The maximum atomic E-state index is 11.8. The van der Waals surface area contributed by atoms with Gasteiger partial charge in [0.25, 0.3) is 0 Å². The van der Waals surface area contributed by atoms with Gasteiger partial charge in [0.1, 0.15) is 12.1 Å². The van der Waals surface area contributed by atoms with Crippen LogP contribution in [0.25, 0.3) is 5.65 Å². The zero-order valence-corrected chi connectivity index (χ0v) is 9.46. The Balaban J connectivity index is 2.09. The lowest BCUT2D eigenvalue weighted by molar-refractivity contribution is -0.134. The molecule has 1 aliphatic rings. The molecule has 0 aliphatic carbocycles. The maximum absolute atomic E-state index is 11.8. The van der Waals surface area contributed by atoms with Gasteiger partial charge in [0, 0.05) is 12.0 Å². The van der Waals surface area contributed by atoms with Gasteiger partial charge in [-0.15, -0.1) is 0 Å². The molecule has 1 fully saturated rings. The van der Waals surface area contributed by atoms with Crippen molar-refractivity contribution in [3.05, 3.63) is 24.0 Å². The van der Waals surface area contributed by atoms with Gasteiger partial charge in [-0.05, 0) is 12.5 Å². The number of carbonyl (C=O) groups excluding carboxylic acids is 2. The van der Waals surface area contributed by atoms with Crippen LogP contribution in [0.5, 0.6) is 0 Å². The van der Waals surface area contributed by atoms with E-state index in [0.29, 0.717) is 24.3 Å². The van der Waals surface area contributed by atoms with Crippen LogP contribution >= 0.6 is 0 Å². The minimum Gasteiger partial charge on any atom is -0.384 e. The molecule has 0 aromatic carbocycles. The highest BCUT2D eigenvalue weighted by atomic mass is 16.2. The molecule has 1 unspecified atom stereocenters. The predicted molar refractivity (Wildman–Crippen MR) is 62.5 cm³/mol. The predicted octanol–water partition coefficient (Wildman–Crippen LogP) is -0.168. The molecule has 3 heterocycles. The van der Waals surface area contributed by atoms with Crippen LogP contribution in [0.15, 0.2) is 18.5 Å². The first-order valence-electron chi connectivity index (χ1n) is 5.58. The average molecular weight is 245 g/mol. The largest absolute Gasteiger partial charge is 0.384 e. The summed E-state index contributed by atoms with van der Waals surface area (Å²) in [7, 11) is 0. The number of carbonyl (C=O) groups is 2. The first-order valence-corrected chi connectivity index (χ1v) is 5.58. The van der Waals surface area contributed by atoms with Gasteiger partial charge in [-0.2, -0.15) is 9.61 Å². The second kappa shape index (κ2) is 3.80. The smallest absolute Gasteiger partial charge is 0.234 e. The first kappa shape index (κ1) is 10.7. The molecule has 2 aromatic heterocycles. The van der Waals surface area contributed by atoms with E-state index in [0.717, 1.165) is 5.56 Å². The number of imide groups is 1. The Morgan fingerprint density at radius 1 is 1.39 bits per heavy atom. The van der Waals surface area contributed by atoms with Gasteiger partial charge in [-0.3, -0.25) is 14.9 Å². The van der Waals surface area contributed by atoms with Gasteiger partial charge < -0.3 is 5.73 Å². The highest BCUT2D eigenvalue weighted by molar-refractivity contribution is 6.01. The van der Waals surface area contributed by atoms with Crippen molar-refractivity contribution in [2.45, 2.75) is 18.8 Å². The van der Waals surface area contributed by atoms with Gasteiger partial charge in [0.05, 0.1) is 5.92 Å². The van der Waals surface area contributed by atoms with E-state index >= 15 is 0 Å². The average Bonchev–Trinajstić information content (AvgIpc) is 2.81. The number of piperidine rings is 1. The molecule has 92 valence electrons. The molecule has 0 saturated carbocycles. The van der Waals surface area contributed by atoms with E-state index < -0.39 is 0 Å². The zero-order chi connectivity index (χ0) is 12.7. The summed E-state index contributed by atoms with van der Waals surface area (Å²) in [6, 6.07) is 3.44. The Labute approximate surface area is 102 Å². The lowest BCUT2D eigenvalue weighted by atomic mass is 9.91. The summed E-state index contributed by atoms with van der Waals surface area (Å²) in [5.74, 6) is -0.446. The molecule has 0 radical (unpaired) electrons. The number of nitrogens with one attached hydrogen (secondary N) is 1. The van der Waals surface area contributed by atoms with E-state index in [1.54, 1.807) is 12.1 Å². The topological polar surface area (TPSA) is 102 Å². The number of amides is 2. The Morgan fingerprint density at radius 3 is 3.00 bits per heavy atom. The summed E-state index contributed by atoms with van der Waals surface area (Å²) in [6.07, 6.45) is 2.21. The van der Waals surface area contributed by atoms with Gasteiger partial charge in [0.2, 0.25) is 11.8 Å². The lowest BCUT2D eigenvalue weighted by Gasteiger charge is -2.21. The number of nitrogen functional groups attached to an aromatic ring is 1. The molecule has 1 saturated heterocycles. The highest BCUT2D eigenvalue weighted by Crippen LogP contribution is 2.28. The second-order valence-electron chi connectivity index (χ2n) is 4.21. The van der Waals surface area contributed by atoms with Crippen LogP contribution in [0.4, 0.5) is 5.82 Å². The molecule has 0 bridgehead atoms. The molecule has 7 nitrogen and oxygen atoms in total. The summed E-state index contributed by atoms with van der Waals surface area (Å²) in [6.45, 7) is 0. The quantitative estimate of drug-likeness (QED) is 0.679. The Bertz CT molecular complexity index is 648. The van der Waals surface area contributed by atoms with Gasteiger partial charge in [-0.25, -0.2) is 4.98 Å². The minimum absolute atomic E-state index is 0.232. The zero-order valence-electron chi connectivity index (χ0n) is 9.46. The SMILES string of the molecule is Nc1ccc(C2CCC(=O)NC2=O)c2ncnn12. The number of anilines is 1. The highest BCUT2D eigenvalue weighted by Gasteiger charge is 2.30. The van der Waals surface area contributed by atoms with Crippen LogP contribution in [0.3, 0.4) is 0 Å². The summed E-state index contributed by atoms with van der Waals surface area (Å²) in [4.78, 5) is 27.1. The lowest BCUT2D eigenvalue weighted by Crippen LogP contribution is -2.39. The standard InChI is InChI=1S/C11H11N5O2/c12-8-3-1-6(10-13-5-14-16(8)10)7-2-4-9(17)15-11(7)18/h1,3,5,7H,2,4,12H2,(H,15,17,18). The van der Waals surface area contributed by atoms with E-state index in [9.17, 15) is 9.59 Å². The van der Waals surface area contributed by atoms with Gasteiger partial charge in [0.15, 0.2) is 5.65 Å². The number of nitrogens with zero attached hydrogens (tertiary/aromatic N) is 3. The van der Waals surface area contributed by atoms with Gasteiger partial charge >= 0.3 is 0 Å². The maximum Gasteiger partial charge on any atom is 0.234 e. The van der Waals surface area contributed by atoms with Crippen LogP contribution in [0.2, 0.25) is 0 Å². The second-order valence-corrected chi connectivity index (χ2v) is 4.21. The molecule has 1 aliphatic heterocycles. The summed E-state index contributed by atoms with van der Waals surface area (Å²) in [5, 5.41) is 6.33. The van der Waals surface area contributed by atoms with E-state index in [4.69, 9.17) is 5.73 Å². The fourth-order valence-corrected chi connectivity index (χ4v) is 2.21. The monoisotopic (exact) mass is 245 g/mol. The van der Waals surface area contributed by atoms with Crippen molar-refractivity contribution >= 4 is 23.3 Å². The van der Waals surface area contributed by atoms with Crippen molar-refractivity contribution in [1.29, 1.82) is 0 Å². The van der Waals surface area contributed by atoms with Gasteiger partial charge in [-0.1, -0.05) is 6.07 Å². The van der Waals surface area contributed by atoms with Crippen LogP contribution in [0, 0.1) is 0 Å². The van der Waals surface area contributed by atoms with E-state index in [2.05, 4.69) is 15.4 Å². The first-order chi connectivity index (χ1) is 8.66. The van der Waals surface area contributed by atoms with Crippen molar-refractivity contribution in [1.82, 2.24) is 19.9 Å². The molecule has 2 aromatic rings. The molecular weight excluding hydrogens is 234 g/mol. The van der Waals surface area contributed by atoms with Crippen LogP contribution in [-0.2, 0) is 9.59 Å². The molecule has 3 N–H and O–H groups in total. The number of rotatable bonds is 1. The summed E-state index contributed by atoms with van der Waals surface area (Å²) in [5.41, 5.74) is 7.06. The van der Waals surface area contributed by atoms with E-state index in [-0.39, 0.29) is 17.7 Å². The van der Waals surface area contributed by atoms with Crippen molar-refractivity contribution in [3.63, 3.8) is 0 Å². The normalized spacial score (nSPS) is 20.1. The number of hydrogen-bond acceptors (Lipinski definition) is 5. The summed E-state index contributed by atoms with van der Waals surface area (Å²) >= 11 is 0. The number of pyridine rings is 1. The van der Waals surface area contributed by atoms with E-state index in [1.165, 1.54) is 10.8 Å². The summed E-state index contributed by atoms with van der Waals surface area (Å²) < 4.78 is 1.49. The van der Waals surface area contributed by atoms with Crippen molar-refractivity contribution in [3.8, 4) is 0 Å². The molecular formula is C11H11N5O2. The minimum atomic E-state index is -0.380. The van der Waals surface area contributed by atoms with E-state index in [1.807, 2.05) is 0 Å². The number of nitrogens with two attached hydrogens (primary N) is 1. The number of fused-ring (bicyclic) bond motifs is 1. The Morgan fingerprint density at radius 2 is 2.22 bits per heavy atom. The third kappa shape index (κ3) is 1.52. The van der Waals surface area contributed by atoms with Crippen molar-refractivity contribution in [2.24, 2.45) is 0 Å². The van der Waals surface area contributed by atoms with Crippen molar-refractivity contribution < 1.29 is 9.59 Å². The van der Waals surface area contributed by atoms with Crippen LogP contribution in [0.1, 0.15) is 24.3 Å². The Hall–Kier alpha value is -2.44.